The summed E-state index contributed by atoms with van der Waals surface area (Å²) in [5.41, 5.74) is 1.98. The van der Waals surface area contributed by atoms with Gasteiger partial charge in [0.15, 0.2) is 0 Å². The van der Waals surface area contributed by atoms with Crippen molar-refractivity contribution in [2.24, 2.45) is 5.92 Å². The van der Waals surface area contributed by atoms with E-state index in [1.807, 2.05) is 44.2 Å². The number of amides is 3. The zero-order valence-electron chi connectivity index (χ0n) is 17.4. The second-order valence-electron chi connectivity index (χ2n) is 7.83. The summed E-state index contributed by atoms with van der Waals surface area (Å²) in [6, 6.07) is 13.4. The lowest BCUT2D eigenvalue weighted by molar-refractivity contribution is -0.138. The third-order valence-corrected chi connectivity index (χ3v) is 4.99. The molecule has 0 radical (unpaired) electrons. The lowest BCUT2D eigenvalue weighted by Gasteiger charge is -2.20. The topological polar surface area (TPSA) is 116 Å². The van der Waals surface area contributed by atoms with Gasteiger partial charge in [-0.2, -0.15) is 0 Å². The zero-order valence-corrected chi connectivity index (χ0v) is 17.4. The van der Waals surface area contributed by atoms with Gasteiger partial charge >= 0.3 is 5.97 Å². The van der Waals surface area contributed by atoms with Crippen LogP contribution in [0.1, 0.15) is 46.5 Å². The number of rotatable bonds is 8. The highest BCUT2D eigenvalue weighted by molar-refractivity contribution is 6.16. The predicted octanol–water partition coefficient (Wildman–Crippen LogP) is 2.19. The van der Waals surface area contributed by atoms with Gasteiger partial charge in [-0.1, -0.05) is 44.2 Å². The maximum atomic E-state index is 13.1. The van der Waals surface area contributed by atoms with Gasteiger partial charge in [-0.15, -0.1) is 0 Å². The molecule has 162 valence electrons. The van der Waals surface area contributed by atoms with Gasteiger partial charge in [-0.05, 0) is 36.1 Å². The van der Waals surface area contributed by atoms with Crippen molar-refractivity contribution in [1.29, 1.82) is 0 Å². The Morgan fingerprint density at radius 3 is 2.42 bits per heavy atom. The smallest absolute Gasteiger partial charge is 0.322 e. The highest BCUT2D eigenvalue weighted by Gasteiger charge is 2.33. The molecular formula is C23H25N3O5. The quantitative estimate of drug-likeness (QED) is 0.602. The molecule has 0 saturated heterocycles. The molecule has 0 aliphatic carbocycles. The lowest BCUT2D eigenvalue weighted by atomic mass is 10.00. The number of fused-ring (bicyclic) bond motifs is 1. The van der Waals surface area contributed by atoms with Crippen LogP contribution in [0.5, 0.6) is 0 Å². The number of hydrogen-bond donors (Lipinski definition) is 3. The Morgan fingerprint density at radius 2 is 1.77 bits per heavy atom. The fraction of sp³-hybridized carbons (Fsp3) is 0.304. The van der Waals surface area contributed by atoms with Gasteiger partial charge in [-0.3, -0.25) is 19.2 Å². The molecule has 3 amide bonds. The van der Waals surface area contributed by atoms with E-state index in [4.69, 9.17) is 5.11 Å². The summed E-state index contributed by atoms with van der Waals surface area (Å²) in [7, 11) is 0. The van der Waals surface area contributed by atoms with Crippen molar-refractivity contribution in [3.8, 4) is 0 Å². The number of hydrogen-bond acceptors (Lipinski definition) is 4. The fourth-order valence-corrected chi connectivity index (χ4v) is 3.59. The average molecular weight is 423 g/mol. The Kier molecular flexibility index (Phi) is 6.69. The summed E-state index contributed by atoms with van der Waals surface area (Å²) in [5, 5.41) is 13.8. The Hall–Kier alpha value is -3.68. The van der Waals surface area contributed by atoms with E-state index in [-0.39, 0.29) is 17.4 Å². The van der Waals surface area contributed by atoms with Gasteiger partial charge in [0.2, 0.25) is 5.91 Å². The van der Waals surface area contributed by atoms with Crippen molar-refractivity contribution >= 4 is 29.4 Å². The van der Waals surface area contributed by atoms with Crippen LogP contribution in [-0.4, -0.2) is 41.4 Å². The van der Waals surface area contributed by atoms with Crippen LogP contribution in [0.2, 0.25) is 0 Å². The first kappa shape index (κ1) is 22.0. The van der Waals surface area contributed by atoms with E-state index < -0.39 is 30.4 Å². The molecule has 1 heterocycles. The summed E-state index contributed by atoms with van der Waals surface area (Å²) in [6.45, 7) is 3.61. The van der Waals surface area contributed by atoms with Gasteiger partial charge < -0.3 is 20.6 Å². The van der Waals surface area contributed by atoms with Crippen LogP contribution in [0, 0.1) is 5.92 Å². The van der Waals surface area contributed by atoms with Crippen LogP contribution in [0.3, 0.4) is 0 Å². The normalized spacial score (nSPS) is 13.6. The summed E-state index contributed by atoms with van der Waals surface area (Å²) in [6.07, 6.45) is 0.330. The van der Waals surface area contributed by atoms with Gasteiger partial charge in [0.25, 0.3) is 11.8 Å². The van der Waals surface area contributed by atoms with Crippen molar-refractivity contribution in [3.63, 3.8) is 0 Å². The van der Waals surface area contributed by atoms with Crippen LogP contribution >= 0.6 is 0 Å². The first-order valence-electron chi connectivity index (χ1n) is 10.1. The van der Waals surface area contributed by atoms with E-state index in [2.05, 4.69) is 10.6 Å². The van der Waals surface area contributed by atoms with E-state index in [0.29, 0.717) is 18.5 Å². The van der Waals surface area contributed by atoms with Gasteiger partial charge in [0.05, 0.1) is 17.7 Å². The van der Waals surface area contributed by atoms with Gasteiger partial charge in [-0.25, -0.2) is 0 Å². The fourth-order valence-electron chi connectivity index (χ4n) is 3.59. The molecule has 31 heavy (non-hydrogen) atoms. The van der Waals surface area contributed by atoms with Crippen molar-refractivity contribution in [2.75, 3.05) is 11.4 Å². The number of carboxylic acid groups (broad SMARTS) is 1. The molecule has 2 aromatic rings. The minimum Gasteiger partial charge on any atom is -0.480 e. The highest BCUT2D eigenvalue weighted by Crippen LogP contribution is 2.30. The molecule has 0 aromatic heterocycles. The number of carbonyl (C=O) groups excluding carboxylic acids is 3. The summed E-state index contributed by atoms with van der Waals surface area (Å²) in [5.74, 6) is -2.48. The lowest BCUT2D eigenvalue weighted by Crippen LogP contribution is -2.48. The molecule has 8 heteroatoms. The predicted molar refractivity (Wildman–Crippen MR) is 115 cm³/mol. The third-order valence-electron chi connectivity index (χ3n) is 4.99. The molecule has 1 aliphatic heterocycles. The molecule has 0 saturated carbocycles. The van der Waals surface area contributed by atoms with E-state index in [1.165, 1.54) is 0 Å². The molecule has 3 rings (SSSR count). The molecule has 0 spiro atoms. The maximum Gasteiger partial charge on any atom is 0.322 e. The molecule has 0 bridgehead atoms. The molecular weight excluding hydrogens is 398 g/mol. The minimum atomic E-state index is -1.17. The molecule has 1 atom stereocenters. The van der Waals surface area contributed by atoms with Gasteiger partial charge in [0.1, 0.15) is 12.6 Å². The Morgan fingerprint density at radius 1 is 1.06 bits per heavy atom. The molecule has 3 N–H and O–H groups in total. The number of nitrogens with zero attached hydrogens (tertiary/aromatic N) is 1. The Balaban J connectivity index is 1.83. The van der Waals surface area contributed by atoms with Crippen LogP contribution in [0.4, 0.5) is 5.69 Å². The minimum absolute atomic E-state index is 0.0811. The van der Waals surface area contributed by atoms with Crippen molar-refractivity contribution in [3.05, 3.63) is 65.2 Å². The Bertz CT molecular complexity index is 1000. The second-order valence-corrected chi connectivity index (χ2v) is 7.83. The standard InChI is InChI=1S/C23H25N3O5/c1-14(2)11-18(22(30)24-12-19(27)28)25-21(29)17-10-6-7-15-13-26(23(31)20(15)17)16-8-4-3-5-9-16/h3-10,14,18H,11-13H2,1-2H3,(H,24,30)(H,25,29)(H,27,28). The van der Waals surface area contributed by atoms with Crippen LogP contribution < -0.4 is 15.5 Å². The number of carbonyl (C=O) groups is 4. The first-order chi connectivity index (χ1) is 14.8. The summed E-state index contributed by atoms with van der Waals surface area (Å²) >= 11 is 0. The number of nitrogens with one attached hydrogen (secondary N) is 2. The SMILES string of the molecule is CC(C)CC(NC(=O)c1cccc2c1C(=O)N(c1ccccc1)C2)C(=O)NCC(=O)O. The molecule has 1 aliphatic rings. The van der Waals surface area contributed by atoms with E-state index >= 15 is 0 Å². The van der Waals surface area contributed by atoms with E-state index in [1.54, 1.807) is 23.1 Å². The zero-order chi connectivity index (χ0) is 22.5. The van der Waals surface area contributed by atoms with Crippen LogP contribution in [0.25, 0.3) is 0 Å². The van der Waals surface area contributed by atoms with E-state index in [9.17, 15) is 19.2 Å². The monoisotopic (exact) mass is 423 g/mol. The van der Waals surface area contributed by atoms with Crippen molar-refractivity contribution in [1.82, 2.24) is 10.6 Å². The van der Waals surface area contributed by atoms with Crippen molar-refractivity contribution < 1.29 is 24.3 Å². The average Bonchev–Trinajstić information content (AvgIpc) is 3.08. The highest BCUT2D eigenvalue weighted by atomic mass is 16.4. The molecule has 8 nitrogen and oxygen atoms in total. The number of aliphatic carboxylic acids is 1. The molecule has 1 unspecified atom stereocenters. The summed E-state index contributed by atoms with van der Waals surface area (Å²) < 4.78 is 0. The molecule has 0 fully saturated rings. The molecule has 2 aromatic carbocycles. The van der Waals surface area contributed by atoms with Crippen LogP contribution in [0.15, 0.2) is 48.5 Å². The second kappa shape index (κ2) is 9.42. The maximum absolute atomic E-state index is 13.1. The van der Waals surface area contributed by atoms with Crippen molar-refractivity contribution in [2.45, 2.75) is 32.9 Å². The number of carboxylic acids is 1. The Labute approximate surface area is 180 Å². The number of benzene rings is 2. The van der Waals surface area contributed by atoms with E-state index in [0.717, 1.165) is 11.3 Å². The third kappa shape index (κ3) is 5.09. The first-order valence-corrected chi connectivity index (χ1v) is 10.1. The summed E-state index contributed by atoms with van der Waals surface area (Å²) in [4.78, 5) is 50.9. The van der Waals surface area contributed by atoms with Crippen LogP contribution in [-0.2, 0) is 16.1 Å². The largest absolute Gasteiger partial charge is 0.480 e. The number of anilines is 1. The van der Waals surface area contributed by atoms with Gasteiger partial charge in [0, 0.05) is 5.69 Å². The number of para-hydroxylation sites is 1.